The van der Waals surface area contributed by atoms with Gasteiger partial charge in [-0.05, 0) is 61.7 Å². The van der Waals surface area contributed by atoms with E-state index >= 15 is 0 Å². The number of benzene rings is 2. The van der Waals surface area contributed by atoms with E-state index < -0.39 is 0 Å². The van der Waals surface area contributed by atoms with E-state index in [0.717, 1.165) is 36.6 Å². The Morgan fingerprint density at radius 2 is 1.90 bits per heavy atom. The van der Waals surface area contributed by atoms with Gasteiger partial charge in [0, 0.05) is 6.54 Å². The number of hydrogen-bond donors (Lipinski definition) is 1. The van der Waals surface area contributed by atoms with E-state index in [2.05, 4.69) is 22.3 Å². The second-order valence-corrected chi connectivity index (χ2v) is 7.95. The molecule has 2 atom stereocenters. The molecule has 29 heavy (non-hydrogen) atoms. The van der Waals surface area contributed by atoms with Crippen LogP contribution >= 0.6 is 0 Å². The highest BCUT2D eigenvalue weighted by Crippen LogP contribution is 2.28. The van der Waals surface area contributed by atoms with Crippen molar-refractivity contribution in [2.24, 2.45) is 5.92 Å². The molecule has 0 spiro atoms. The lowest BCUT2D eigenvalue weighted by molar-refractivity contribution is -0.126. The summed E-state index contributed by atoms with van der Waals surface area (Å²) in [6.45, 7) is 3.21. The molecule has 1 amide bonds. The monoisotopic (exact) mass is 394 g/mol. The summed E-state index contributed by atoms with van der Waals surface area (Å²) in [5.74, 6) is 1.70. The molecule has 2 aliphatic rings. The van der Waals surface area contributed by atoms with Crippen LogP contribution in [-0.2, 0) is 11.2 Å². The summed E-state index contributed by atoms with van der Waals surface area (Å²) in [7, 11) is 1.68. The normalized spacial score (nSPS) is 20.2. The molecule has 2 unspecified atom stereocenters. The zero-order valence-electron chi connectivity index (χ0n) is 17.1. The maximum absolute atomic E-state index is 12.9. The van der Waals surface area contributed by atoms with E-state index in [-0.39, 0.29) is 17.9 Å². The number of nitrogens with one attached hydrogen (secondary N) is 1. The molecule has 1 saturated heterocycles. The summed E-state index contributed by atoms with van der Waals surface area (Å²) >= 11 is 0. The third kappa shape index (κ3) is 4.73. The minimum atomic E-state index is -0.136. The summed E-state index contributed by atoms with van der Waals surface area (Å²) in [6.07, 6.45) is 4.46. The van der Waals surface area contributed by atoms with E-state index in [1.54, 1.807) is 7.11 Å². The fraction of sp³-hybridized carbons (Fsp3) is 0.458. The van der Waals surface area contributed by atoms with Gasteiger partial charge >= 0.3 is 0 Å². The Kier molecular flexibility index (Phi) is 6.35. The molecular weight excluding hydrogens is 364 g/mol. The Balaban J connectivity index is 1.42. The number of amides is 1. The van der Waals surface area contributed by atoms with Crippen LogP contribution in [0.5, 0.6) is 11.5 Å². The molecule has 2 aromatic rings. The highest BCUT2D eigenvalue weighted by atomic mass is 16.5. The number of nitrogens with zero attached hydrogens (tertiary/aromatic N) is 1. The molecule has 0 aromatic heterocycles. The Hall–Kier alpha value is -2.53. The topological polar surface area (TPSA) is 50.8 Å². The predicted octanol–water partition coefficient (Wildman–Crippen LogP) is 3.59. The highest BCUT2D eigenvalue weighted by Gasteiger charge is 2.28. The third-order valence-corrected chi connectivity index (χ3v) is 6.05. The Bertz CT molecular complexity index is 815. The van der Waals surface area contributed by atoms with Crippen molar-refractivity contribution >= 4 is 5.91 Å². The lowest BCUT2D eigenvalue weighted by atomic mass is 9.95. The molecule has 5 nitrogen and oxygen atoms in total. The average Bonchev–Trinajstić information content (AvgIpc) is 2.80. The molecule has 1 fully saturated rings. The van der Waals surface area contributed by atoms with Crippen LogP contribution in [0.1, 0.15) is 36.4 Å². The van der Waals surface area contributed by atoms with Gasteiger partial charge in [-0.3, -0.25) is 9.69 Å². The van der Waals surface area contributed by atoms with Crippen LogP contribution in [0.3, 0.4) is 0 Å². The number of carbonyl (C=O) groups is 1. The van der Waals surface area contributed by atoms with Crippen LogP contribution in [0.25, 0.3) is 0 Å². The first-order chi connectivity index (χ1) is 14.2. The van der Waals surface area contributed by atoms with Crippen molar-refractivity contribution in [2.45, 2.75) is 31.7 Å². The molecule has 0 saturated carbocycles. The number of methoxy groups -OCH3 is 1. The van der Waals surface area contributed by atoms with Gasteiger partial charge in [0.2, 0.25) is 5.91 Å². The summed E-state index contributed by atoms with van der Waals surface area (Å²) in [6, 6.07) is 16.4. The lowest BCUT2D eigenvalue weighted by Crippen LogP contribution is -2.44. The molecule has 2 aromatic carbocycles. The largest absolute Gasteiger partial charge is 0.497 e. The predicted molar refractivity (Wildman–Crippen MR) is 113 cm³/mol. The minimum absolute atomic E-state index is 0.0787. The van der Waals surface area contributed by atoms with Crippen LogP contribution in [0.4, 0.5) is 0 Å². The maximum Gasteiger partial charge on any atom is 0.226 e. The van der Waals surface area contributed by atoms with Gasteiger partial charge in [-0.1, -0.05) is 36.8 Å². The van der Waals surface area contributed by atoms with Gasteiger partial charge in [-0.2, -0.15) is 0 Å². The van der Waals surface area contributed by atoms with Crippen LogP contribution in [0, 0.1) is 5.92 Å². The van der Waals surface area contributed by atoms with Crippen molar-refractivity contribution in [2.75, 3.05) is 33.4 Å². The van der Waals surface area contributed by atoms with Gasteiger partial charge in [0.05, 0.1) is 19.1 Å². The van der Waals surface area contributed by atoms with Crippen LogP contribution in [-0.4, -0.2) is 44.2 Å². The van der Waals surface area contributed by atoms with Crippen LogP contribution < -0.4 is 14.8 Å². The number of para-hydroxylation sites is 1. The fourth-order valence-corrected chi connectivity index (χ4v) is 4.35. The van der Waals surface area contributed by atoms with Gasteiger partial charge in [-0.15, -0.1) is 0 Å². The first kappa shape index (κ1) is 19.8. The molecule has 2 heterocycles. The van der Waals surface area contributed by atoms with E-state index in [1.807, 2.05) is 36.4 Å². The number of carbonyl (C=O) groups excluding carboxylic acids is 1. The van der Waals surface area contributed by atoms with Crippen molar-refractivity contribution in [1.82, 2.24) is 10.2 Å². The number of rotatable bonds is 6. The van der Waals surface area contributed by atoms with Gasteiger partial charge < -0.3 is 14.8 Å². The molecule has 1 N–H and O–H groups in total. The average molecular weight is 395 g/mol. The maximum atomic E-state index is 12.9. The minimum Gasteiger partial charge on any atom is -0.497 e. The van der Waals surface area contributed by atoms with Gasteiger partial charge in [-0.25, -0.2) is 0 Å². The van der Waals surface area contributed by atoms with Crippen molar-refractivity contribution in [1.29, 1.82) is 0 Å². The summed E-state index contributed by atoms with van der Waals surface area (Å²) in [4.78, 5) is 15.4. The fourth-order valence-electron chi connectivity index (χ4n) is 4.35. The molecule has 0 bridgehead atoms. The first-order valence-electron chi connectivity index (χ1n) is 10.6. The Morgan fingerprint density at radius 1 is 1.14 bits per heavy atom. The molecule has 0 aliphatic carbocycles. The lowest BCUT2D eigenvalue weighted by Gasteiger charge is -2.35. The number of hydrogen-bond acceptors (Lipinski definition) is 4. The zero-order chi connectivity index (χ0) is 20.1. The smallest absolute Gasteiger partial charge is 0.226 e. The zero-order valence-corrected chi connectivity index (χ0v) is 17.1. The molecule has 4 rings (SSSR count). The second-order valence-electron chi connectivity index (χ2n) is 7.95. The van der Waals surface area contributed by atoms with E-state index in [9.17, 15) is 4.79 Å². The Labute approximate surface area is 173 Å². The molecule has 154 valence electrons. The molecule has 0 radical (unpaired) electrons. The van der Waals surface area contributed by atoms with Crippen molar-refractivity contribution in [3.8, 4) is 11.5 Å². The molecular formula is C24H30N2O3. The number of likely N-dealkylation sites (tertiary alicyclic amines) is 1. The number of fused-ring (bicyclic) bond motifs is 1. The number of ether oxygens (including phenoxy) is 2. The molecule has 2 aliphatic heterocycles. The SMILES string of the molecule is COc1ccc(C(CNC(=O)C2COc3ccccc3C2)N2CCCCC2)cc1. The van der Waals surface area contributed by atoms with Crippen LogP contribution in [0.15, 0.2) is 48.5 Å². The van der Waals surface area contributed by atoms with E-state index in [4.69, 9.17) is 9.47 Å². The van der Waals surface area contributed by atoms with Crippen molar-refractivity contribution < 1.29 is 14.3 Å². The van der Waals surface area contributed by atoms with E-state index in [1.165, 1.54) is 24.8 Å². The Morgan fingerprint density at radius 3 is 2.66 bits per heavy atom. The quantitative estimate of drug-likeness (QED) is 0.814. The standard InChI is InChI=1S/C24H30N2O3/c1-28-21-11-9-18(10-12-21)22(26-13-5-2-6-14-26)16-25-24(27)20-15-19-7-3-4-8-23(19)29-17-20/h3-4,7-12,20,22H,2,5-6,13-17H2,1H3,(H,25,27). The van der Waals surface area contributed by atoms with Gasteiger partial charge in [0.15, 0.2) is 0 Å². The molecule has 5 heteroatoms. The van der Waals surface area contributed by atoms with Gasteiger partial charge in [0.25, 0.3) is 0 Å². The summed E-state index contributed by atoms with van der Waals surface area (Å²) in [5, 5.41) is 3.22. The van der Waals surface area contributed by atoms with E-state index in [0.29, 0.717) is 13.2 Å². The van der Waals surface area contributed by atoms with Crippen LogP contribution in [0.2, 0.25) is 0 Å². The highest BCUT2D eigenvalue weighted by molar-refractivity contribution is 5.79. The second kappa shape index (κ2) is 9.31. The summed E-state index contributed by atoms with van der Waals surface area (Å²) < 4.78 is 11.1. The van der Waals surface area contributed by atoms with Crippen molar-refractivity contribution in [3.63, 3.8) is 0 Å². The van der Waals surface area contributed by atoms with Crippen molar-refractivity contribution in [3.05, 3.63) is 59.7 Å². The summed E-state index contributed by atoms with van der Waals surface area (Å²) in [5.41, 5.74) is 2.33. The first-order valence-corrected chi connectivity index (χ1v) is 10.6. The third-order valence-electron chi connectivity index (χ3n) is 6.05. The van der Waals surface area contributed by atoms with Gasteiger partial charge in [0.1, 0.15) is 18.1 Å². The number of piperidine rings is 1.